The second-order valence-electron chi connectivity index (χ2n) is 3.67. The molecule has 0 saturated carbocycles. The van der Waals surface area contributed by atoms with Crippen molar-refractivity contribution in [2.24, 2.45) is 0 Å². The normalized spacial score (nSPS) is 10.4. The summed E-state index contributed by atoms with van der Waals surface area (Å²) in [6.45, 7) is 2.73. The van der Waals surface area contributed by atoms with Gasteiger partial charge in [-0.05, 0) is 47.0 Å². The third-order valence-electron chi connectivity index (χ3n) is 2.45. The van der Waals surface area contributed by atoms with Crippen LogP contribution >= 0.6 is 11.3 Å². The van der Waals surface area contributed by atoms with Gasteiger partial charge in [0.1, 0.15) is 5.82 Å². The first-order valence-electron chi connectivity index (χ1n) is 4.97. The van der Waals surface area contributed by atoms with Crippen LogP contribution < -0.4 is 11.1 Å². The topological polar surface area (TPSA) is 38.0 Å². The van der Waals surface area contributed by atoms with E-state index in [1.54, 1.807) is 17.4 Å². The van der Waals surface area contributed by atoms with Crippen LogP contribution in [0.15, 0.2) is 29.0 Å². The predicted octanol–water partition coefficient (Wildman–Crippen LogP) is 3.39. The number of rotatable bonds is 3. The van der Waals surface area contributed by atoms with Gasteiger partial charge in [0.05, 0.1) is 11.4 Å². The van der Waals surface area contributed by atoms with Gasteiger partial charge in [-0.1, -0.05) is 0 Å². The summed E-state index contributed by atoms with van der Waals surface area (Å²) in [5.74, 6) is -0.279. The lowest BCUT2D eigenvalue weighted by Gasteiger charge is -2.09. The summed E-state index contributed by atoms with van der Waals surface area (Å²) in [4.78, 5) is 0. The van der Waals surface area contributed by atoms with E-state index in [1.165, 1.54) is 23.3 Å². The molecule has 1 aromatic heterocycles. The van der Waals surface area contributed by atoms with Crippen molar-refractivity contribution in [3.63, 3.8) is 0 Å². The number of halogens is 1. The molecule has 0 aliphatic carbocycles. The first-order chi connectivity index (χ1) is 7.66. The first kappa shape index (κ1) is 11.0. The van der Waals surface area contributed by atoms with Crippen LogP contribution in [0.5, 0.6) is 0 Å². The monoisotopic (exact) mass is 236 g/mol. The summed E-state index contributed by atoms with van der Waals surface area (Å²) >= 11 is 1.66. The Hall–Kier alpha value is -1.55. The molecule has 0 unspecified atom stereocenters. The van der Waals surface area contributed by atoms with Crippen molar-refractivity contribution >= 4 is 22.7 Å². The molecule has 2 rings (SSSR count). The van der Waals surface area contributed by atoms with Crippen LogP contribution in [0, 0.1) is 12.7 Å². The number of aryl methyl sites for hydroxylation is 1. The summed E-state index contributed by atoms with van der Waals surface area (Å²) < 4.78 is 13.0. The molecule has 0 aliphatic heterocycles. The fourth-order valence-corrected chi connectivity index (χ4v) is 2.30. The molecule has 1 heterocycles. The van der Waals surface area contributed by atoms with E-state index in [0.717, 1.165) is 0 Å². The number of nitrogen functional groups attached to an aromatic ring is 1. The molecule has 0 amide bonds. The highest BCUT2D eigenvalue weighted by Gasteiger charge is 2.02. The van der Waals surface area contributed by atoms with Gasteiger partial charge in [-0.2, -0.15) is 11.3 Å². The van der Waals surface area contributed by atoms with Crippen LogP contribution in [0.2, 0.25) is 0 Å². The molecule has 0 aliphatic rings. The molecule has 0 atom stereocenters. The zero-order chi connectivity index (χ0) is 11.5. The number of anilines is 2. The molecule has 3 N–H and O–H groups in total. The largest absolute Gasteiger partial charge is 0.397 e. The number of nitrogens with two attached hydrogens (primary N) is 1. The maximum atomic E-state index is 13.0. The third kappa shape index (κ3) is 2.33. The van der Waals surface area contributed by atoms with Crippen molar-refractivity contribution in [1.82, 2.24) is 0 Å². The lowest BCUT2D eigenvalue weighted by molar-refractivity contribution is 0.628. The van der Waals surface area contributed by atoms with Gasteiger partial charge in [0.2, 0.25) is 0 Å². The van der Waals surface area contributed by atoms with Gasteiger partial charge in [0.25, 0.3) is 0 Å². The quantitative estimate of drug-likeness (QED) is 0.802. The van der Waals surface area contributed by atoms with Gasteiger partial charge >= 0.3 is 0 Å². The minimum absolute atomic E-state index is 0.279. The highest BCUT2D eigenvalue weighted by molar-refractivity contribution is 7.08. The molecule has 0 spiro atoms. The summed E-state index contributed by atoms with van der Waals surface area (Å²) in [5.41, 5.74) is 9.41. The molecule has 0 fully saturated rings. The van der Waals surface area contributed by atoms with E-state index >= 15 is 0 Å². The average Bonchev–Trinajstić information content (AvgIpc) is 2.66. The van der Waals surface area contributed by atoms with Gasteiger partial charge in [0, 0.05) is 6.54 Å². The summed E-state index contributed by atoms with van der Waals surface area (Å²) in [6.07, 6.45) is 0. The lowest BCUT2D eigenvalue weighted by atomic mass is 10.2. The maximum absolute atomic E-state index is 13.0. The smallest absolute Gasteiger partial charge is 0.125 e. The maximum Gasteiger partial charge on any atom is 0.125 e. The van der Waals surface area contributed by atoms with Crippen molar-refractivity contribution in [3.05, 3.63) is 45.9 Å². The van der Waals surface area contributed by atoms with E-state index in [1.807, 2.05) is 0 Å². The molecular weight excluding hydrogens is 223 g/mol. The van der Waals surface area contributed by atoms with E-state index in [9.17, 15) is 4.39 Å². The average molecular weight is 236 g/mol. The molecule has 1 aromatic carbocycles. The van der Waals surface area contributed by atoms with Crippen LogP contribution in [0.1, 0.15) is 11.1 Å². The molecular formula is C12H13FN2S. The Bertz CT molecular complexity index is 494. The molecule has 0 radical (unpaired) electrons. The Kier molecular flexibility index (Phi) is 3.10. The van der Waals surface area contributed by atoms with Crippen LogP contribution in [-0.4, -0.2) is 0 Å². The van der Waals surface area contributed by atoms with E-state index < -0.39 is 0 Å². The van der Waals surface area contributed by atoms with Gasteiger partial charge in [0.15, 0.2) is 0 Å². The molecule has 2 nitrogen and oxygen atoms in total. The predicted molar refractivity (Wildman–Crippen MR) is 67.2 cm³/mol. The molecule has 4 heteroatoms. The minimum Gasteiger partial charge on any atom is -0.397 e. The second kappa shape index (κ2) is 4.53. The number of hydrogen-bond donors (Lipinski definition) is 2. The van der Waals surface area contributed by atoms with Crippen molar-refractivity contribution in [3.8, 4) is 0 Å². The van der Waals surface area contributed by atoms with Crippen LogP contribution in [0.3, 0.4) is 0 Å². The SMILES string of the molecule is Cc1cscc1CNc1cc(F)ccc1N. The summed E-state index contributed by atoms with van der Waals surface area (Å²) in [7, 11) is 0. The second-order valence-corrected chi connectivity index (χ2v) is 4.41. The van der Waals surface area contributed by atoms with Gasteiger partial charge in [-0.3, -0.25) is 0 Å². The Balaban J connectivity index is 2.10. The molecule has 2 aromatic rings. The Labute approximate surface area is 97.9 Å². The summed E-state index contributed by atoms with van der Waals surface area (Å²) in [6, 6.07) is 4.34. The van der Waals surface area contributed by atoms with E-state index in [4.69, 9.17) is 5.73 Å². The molecule has 84 valence electrons. The highest BCUT2D eigenvalue weighted by Crippen LogP contribution is 2.21. The summed E-state index contributed by atoms with van der Waals surface area (Å²) in [5, 5.41) is 7.31. The number of nitrogens with one attached hydrogen (secondary N) is 1. The molecule has 0 bridgehead atoms. The number of thiophene rings is 1. The molecule has 0 saturated heterocycles. The van der Waals surface area contributed by atoms with Gasteiger partial charge in [-0.25, -0.2) is 4.39 Å². The Morgan fingerprint density at radius 3 is 2.88 bits per heavy atom. The van der Waals surface area contributed by atoms with E-state index in [0.29, 0.717) is 17.9 Å². The Morgan fingerprint density at radius 2 is 2.19 bits per heavy atom. The minimum atomic E-state index is -0.279. The number of hydrogen-bond acceptors (Lipinski definition) is 3. The lowest BCUT2D eigenvalue weighted by Crippen LogP contribution is -2.02. The first-order valence-corrected chi connectivity index (χ1v) is 5.91. The zero-order valence-electron chi connectivity index (χ0n) is 8.96. The van der Waals surface area contributed by atoms with Crippen LogP contribution in [-0.2, 0) is 6.54 Å². The Morgan fingerprint density at radius 1 is 1.38 bits per heavy atom. The van der Waals surface area contributed by atoms with Crippen LogP contribution in [0.25, 0.3) is 0 Å². The van der Waals surface area contributed by atoms with Gasteiger partial charge in [-0.15, -0.1) is 0 Å². The third-order valence-corrected chi connectivity index (χ3v) is 3.36. The zero-order valence-corrected chi connectivity index (χ0v) is 9.77. The van der Waals surface area contributed by atoms with Crippen molar-refractivity contribution in [2.75, 3.05) is 11.1 Å². The number of benzene rings is 1. The van der Waals surface area contributed by atoms with Crippen molar-refractivity contribution in [1.29, 1.82) is 0 Å². The fraction of sp³-hybridized carbons (Fsp3) is 0.167. The fourth-order valence-electron chi connectivity index (χ4n) is 1.44. The van der Waals surface area contributed by atoms with Crippen molar-refractivity contribution < 1.29 is 4.39 Å². The highest BCUT2D eigenvalue weighted by atomic mass is 32.1. The van der Waals surface area contributed by atoms with E-state index in [-0.39, 0.29) is 5.82 Å². The van der Waals surface area contributed by atoms with Gasteiger partial charge < -0.3 is 11.1 Å². The van der Waals surface area contributed by atoms with Crippen molar-refractivity contribution in [2.45, 2.75) is 13.5 Å². The standard InChI is InChI=1S/C12H13FN2S/c1-8-6-16-7-9(8)5-15-12-4-10(13)2-3-11(12)14/h2-4,6-7,15H,5,14H2,1H3. The molecule has 16 heavy (non-hydrogen) atoms. The van der Waals surface area contributed by atoms with E-state index in [2.05, 4.69) is 23.0 Å². The van der Waals surface area contributed by atoms with Crippen LogP contribution in [0.4, 0.5) is 15.8 Å².